The van der Waals surface area contributed by atoms with E-state index in [1.165, 1.54) is 0 Å². The largest absolute Gasteiger partial charge is 0.382 e. The van der Waals surface area contributed by atoms with Crippen LogP contribution in [-0.4, -0.2) is 66.0 Å². The van der Waals surface area contributed by atoms with Crippen LogP contribution < -0.4 is 5.32 Å². The second-order valence-corrected chi connectivity index (χ2v) is 4.95. The zero-order valence-corrected chi connectivity index (χ0v) is 12.5. The second-order valence-electron chi connectivity index (χ2n) is 3.89. The summed E-state index contributed by atoms with van der Waals surface area (Å²) < 4.78 is 12.1. The maximum Gasteiger partial charge on any atom is 0.209 e. The fourth-order valence-corrected chi connectivity index (χ4v) is 2.12. The molecule has 0 spiro atoms. The number of aromatic nitrogens is 4. The summed E-state index contributed by atoms with van der Waals surface area (Å²) >= 11 is 1.61. The maximum absolute atomic E-state index is 5.39. The Morgan fingerprint density at radius 3 is 2.95 bits per heavy atom. The van der Waals surface area contributed by atoms with Crippen molar-refractivity contribution in [2.45, 2.75) is 25.0 Å². The van der Waals surface area contributed by atoms with Crippen molar-refractivity contribution in [3.63, 3.8) is 0 Å². The van der Waals surface area contributed by atoms with Gasteiger partial charge in [0.2, 0.25) is 5.16 Å². The van der Waals surface area contributed by atoms with Crippen LogP contribution in [0.5, 0.6) is 0 Å². The molecule has 110 valence electrons. The number of nitrogens with one attached hydrogen (secondary N) is 1. The molecule has 0 aromatic carbocycles. The highest BCUT2D eigenvalue weighted by Gasteiger charge is 2.05. The second kappa shape index (κ2) is 11.2. The van der Waals surface area contributed by atoms with Gasteiger partial charge >= 0.3 is 0 Å². The smallest absolute Gasteiger partial charge is 0.209 e. The monoisotopic (exact) mass is 289 g/mol. The minimum Gasteiger partial charge on any atom is -0.382 e. The first-order valence-corrected chi connectivity index (χ1v) is 7.53. The number of thioether (sulfide) groups is 1. The van der Waals surface area contributed by atoms with Gasteiger partial charge in [0, 0.05) is 19.4 Å². The predicted molar refractivity (Wildman–Crippen MR) is 74.4 cm³/mol. The van der Waals surface area contributed by atoms with Crippen LogP contribution >= 0.6 is 11.8 Å². The van der Waals surface area contributed by atoms with Gasteiger partial charge in [-0.25, -0.2) is 4.68 Å². The number of nitrogens with zero attached hydrogens (tertiary/aromatic N) is 4. The van der Waals surface area contributed by atoms with Gasteiger partial charge in [0.1, 0.15) is 0 Å². The van der Waals surface area contributed by atoms with Gasteiger partial charge in [-0.05, 0) is 23.4 Å². The Labute approximate surface area is 118 Å². The molecule has 0 saturated heterocycles. The summed E-state index contributed by atoms with van der Waals surface area (Å²) in [7, 11) is 1.67. The van der Waals surface area contributed by atoms with Gasteiger partial charge in [-0.2, -0.15) is 0 Å². The van der Waals surface area contributed by atoms with Gasteiger partial charge in [0.15, 0.2) is 0 Å². The highest BCUT2D eigenvalue weighted by molar-refractivity contribution is 7.99. The molecule has 0 saturated carbocycles. The normalized spacial score (nSPS) is 11.1. The molecular formula is C11H23N5O2S. The van der Waals surface area contributed by atoms with E-state index in [1.807, 2.05) is 4.68 Å². The summed E-state index contributed by atoms with van der Waals surface area (Å²) in [5.41, 5.74) is 0. The lowest BCUT2D eigenvalue weighted by atomic mass is 10.5. The van der Waals surface area contributed by atoms with Crippen molar-refractivity contribution in [1.29, 1.82) is 0 Å². The van der Waals surface area contributed by atoms with Gasteiger partial charge in [0.05, 0.1) is 26.4 Å². The van der Waals surface area contributed by atoms with Crippen molar-refractivity contribution in [2.24, 2.45) is 0 Å². The van der Waals surface area contributed by atoms with E-state index >= 15 is 0 Å². The number of hydrogen-bond donors (Lipinski definition) is 1. The molecule has 0 aliphatic heterocycles. The van der Waals surface area contributed by atoms with E-state index in [-0.39, 0.29) is 0 Å². The summed E-state index contributed by atoms with van der Waals surface area (Å²) in [5.74, 6) is 0.840. The SMILES string of the molecule is CCCNCCn1nnnc1SCCOCCOC. The maximum atomic E-state index is 5.39. The number of ether oxygens (including phenoxy) is 2. The molecule has 0 unspecified atom stereocenters. The first kappa shape index (κ1) is 16.4. The Bertz CT molecular complexity index is 324. The zero-order chi connectivity index (χ0) is 13.8. The number of methoxy groups -OCH3 is 1. The summed E-state index contributed by atoms with van der Waals surface area (Å²) in [5, 5.41) is 15.9. The van der Waals surface area contributed by atoms with E-state index in [2.05, 4.69) is 27.8 Å². The van der Waals surface area contributed by atoms with Crippen LogP contribution in [0.4, 0.5) is 0 Å². The van der Waals surface area contributed by atoms with Crippen molar-refractivity contribution in [3.05, 3.63) is 0 Å². The van der Waals surface area contributed by atoms with Crippen LogP contribution in [-0.2, 0) is 16.0 Å². The van der Waals surface area contributed by atoms with E-state index in [0.29, 0.717) is 19.8 Å². The first-order valence-electron chi connectivity index (χ1n) is 6.54. The van der Waals surface area contributed by atoms with E-state index in [9.17, 15) is 0 Å². The zero-order valence-electron chi connectivity index (χ0n) is 11.7. The summed E-state index contributed by atoms with van der Waals surface area (Å²) in [4.78, 5) is 0. The van der Waals surface area contributed by atoms with Crippen LogP contribution in [0.2, 0.25) is 0 Å². The molecule has 0 aliphatic rings. The quantitative estimate of drug-likeness (QED) is 0.442. The van der Waals surface area contributed by atoms with Gasteiger partial charge in [-0.3, -0.25) is 0 Å². The molecular weight excluding hydrogens is 266 g/mol. The van der Waals surface area contributed by atoms with Crippen LogP contribution in [0.15, 0.2) is 5.16 Å². The molecule has 0 fully saturated rings. The number of tetrazole rings is 1. The molecule has 1 rings (SSSR count). The molecule has 7 nitrogen and oxygen atoms in total. The Morgan fingerprint density at radius 2 is 2.16 bits per heavy atom. The molecule has 1 aromatic heterocycles. The minimum atomic E-state index is 0.628. The lowest BCUT2D eigenvalue weighted by Crippen LogP contribution is -2.21. The standard InChI is InChI=1S/C11H23N5O2S/c1-3-4-12-5-6-16-11(13-14-15-16)19-10-9-18-8-7-17-2/h12H,3-10H2,1-2H3. The van der Waals surface area contributed by atoms with Crippen molar-refractivity contribution in [2.75, 3.05) is 45.8 Å². The van der Waals surface area contributed by atoms with Crippen molar-refractivity contribution >= 4 is 11.8 Å². The summed E-state index contributed by atoms with van der Waals surface area (Å²) in [6.45, 7) is 6.78. The van der Waals surface area contributed by atoms with Gasteiger partial charge in [-0.15, -0.1) is 5.10 Å². The Kier molecular flexibility index (Phi) is 9.60. The Hall–Kier alpha value is -0.700. The lowest BCUT2D eigenvalue weighted by molar-refractivity contribution is 0.0790. The van der Waals surface area contributed by atoms with Gasteiger partial charge < -0.3 is 14.8 Å². The van der Waals surface area contributed by atoms with Crippen LogP contribution in [0.3, 0.4) is 0 Å². The van der Waals surface area contributed by atoms with Crippen LogP contribution in [0.25, 0.3) is 0 Å². The molecule has 0 atom stereocenters. The molecule has 0 aliphatic carbocycles. The molecule has 8 heteroatoms. The lowest BCUT2D eigenvalue weighted by Gasteiger charge is -2.05. The molecule has 0 amide bonds. The van der Waals surface area contributed by atoms with Crippen LogP contribution in [0.1, 0.15) is 13.3 Å². The first-order chi connectivity index (χ1) is 9.38. The average molecular weight is 289 g/mol. The van der Waals surface area contributed by atoms with Crippen molar-refractivity contribution in [3.8, 4) is 0 Å². The van der Waals surface area contributed by atoms with Crippen LogP contribution in [0, 0.1) is 0 Å². The van der Waals surface area contributed by atoms with Gasteiger partial charge in [-0.1, -0.05) is 18.7 Å². The van der Waals surface area contributed by atoms with Crippen molar-refractivity contribution in [1.82, 2.24) is 25.5 Å². The van der Waals surface area contributed by atoms with Gasteiger partial charge in [0.25, 0.3) is 0 Å². The number of rotatable bonds is 12. The fraction of sp³-hybridized carbons (Fsp3) is 0.909. The Balaban J connectivity index is 2.13. The van der Waals surface area contributed by atoms with E-state index < -0.39 is 0 Å². The topological polar surface area (TPSA) is 74.1 Å². The fourth-order valence-electron chi connectivity index (χ4n) is 1.36. The molecule has 1 heterocycles. The van der Waals surface area contributed by atoms with E-state index in [4.69, 9.17) is 9.47 Å². The summed E-state index contributed by atoms with van der Waals surface area (Å²) in [6.07, 6.45) is 1.13. The number of hydrogen-bond acceptors (Lipinski definition) is 7. The third-order valence-electron chi connectivity index (χ3n) is 2.32. The molecule has 19 heavy (non-hydrogen) atoms. The highest BCUT2D eigenvalue weighted by atomic mass is 32.2. The van der Waals surface area contributed by atoms with E-state index in [1.54, 1.807) is 18.9 Å². The summed E-state index contributed by atoms with van der Waals surface area (Å²) in [6, 6.07) is 0. The molecule has 0 bridgehead atoms. The third kappa shape index (κ3) is 7.46. The average Bonchev–Trinajstić information content (AvgIpc) is 2.86. The Morgan fingerprint density at radius 1 is 1.26 bits per heavy atom. The highest BCUT2D eigenvalue weighted by Crippen LogP contribution is 2.12. The third-order valence-corrected chi connectivity index (χ3v) is 3.24. The minimum absolute atomic E-state index is 0.628. The van der Waals surface area contributed by atoms with E-state index in [0.717, 1.165) is 37.0 Å². The molecule has 1 N–H and O–H groups in total. The van der Waals surface area contributed by atoms with Crippen molar-refractivity contribution < 1.29 is 9.47 Å². The molecule has 1 aromatic rings. The predicted octanol–water partition coefficient (Wildman–Crippen LogP) is 0.428. The molecule has 0 radical (unpaired) electrons.